The van der Waals surface area contributed by atoms with E-state index in [2.05, 4.69) is 17.6 Å². The molecule has 2 N–H and O–H groups in total. The Hall–Kier alpha value is -1.14. The van der Waals surface area contributed by atoms with E-state index in [1.807, 2.05) is 0 Å². The Bertz CT molecular complexity index is 291. The minimum atomic E-state index is -1.10. The van der Waals surface area contributed by atoms with E-state index in [1.54, 1.807) is 0 Å². The summed E-state index contributed by atoms with van der Waals surface area (Å²) < 4.78 is 10.3. The van der Waals surface area contributed by atoms with Crippen molar-refractivity contribution < 1.29 is 19.1 Å². The van der Waals surface area contributed by atoms with Crippen molar-refractivity contribution in [1.82, 2.24) is 10.6 Å². The number of methoxy groups -OCH3 is 2. The summed E-state index contributed by atoms with van der Waals surface area (Å²) in [5.74, 6) is -0.382. The largest absolute Gasteiger partial charge is 0.353 e. The van der Waals surface area contributed by atoms with Crippen molar-refractivity contribution >= 4 is 11.9 Å². The van der Waals surface area contributed by atoms with E-state index in [4.69, 9.17) is 9.47 Å². The molecular weight excluding hydrogens is 224 g/mol. The fraction of sp³-hybridized carbons (Fsp3) is 0.818. The lowest BCUT2D eigenvalue weighted by atomic mass is 9.91. The Labute approximate surface area is 101 Å². The molecule has 0 spiro atoms. The molecule has 0 aromatic heterocycles. The van der Waals surface area contributed by atoms with Crippen molar-refractivity contribution in [3.63, 3.8) is 0 Å². The number of carbonyl (C=O) groups excluding carboxylic acids is 2. The molecule has 0 bridgehead atoms. The number of carbonyl (C=O) groups is 2. The molecule has 1 aliphatic heterocycles. The molecule has 1 aliphatic rings. The number of urea groups is 1. The predicted octanol–water partition coefficient (Wildman–Crippen LogP) is 0.764. The van der Waals surface area contributed by atoms with Crippen LogP contribution in [0.15, 0.2) is 0 Å². The number of amides is 3. The zero-order valence-electron chi connectivity index (χ0n) is 10.5. The Balaban J connectivity index is 2.84. The summed E-state index contributed by atoms with van der Waals surface area (Å²) in [7, 11) is 2.90. The normalized spacial score (nSPS) is 24.0. The highest BCUT2D eigenvalue weighted by molar-refractivity contribution is 6.07. The third-order valence-corrected chi connectivity index (χ3v) is 2.97. The number of unbranched alkanes of at least 4 members (excludes halogenated alkanes) is 2. The average Bonchev–Trinajstić information content (AvgIpc) is 2.57. The van der Waals surface area contributed by atoms with Gasteiger partial charge in [0.1, 0.15) is 0 Å². The van der Waals surface area contributed by atoms with Gasteiger partial charge in [0.15, 0.2) is 11.8 Å². The van der Waals surface area contributed by atoms with Gasteiger partial charge in [-0.3, -0.25) is 10.1 Å². The van der Waals surface area contributed by atoms with Gasteiger partial charge < -0.3 is 14.8 Å². The van der Waals surface area contributed by atoms with Gasteiger partial charge in [0.2, 0.25) is 0 Å². The number of imide groups is 1. The molecule has 1 rings (SSSR count). The van der Waals surface area contributed by atoms with Crippen molar-refractivity contribution in [1.29, 1.82) is 0 Å². The van der Waals surface area contributed by atoms with E-state index >= 15 is 0 Å². The maximum atomic E-state index is 11.9. The predicted molar refractivity (Wildman–Crippen MR) is 61.4 cm³/mol. The fourth-order valence-corrected chi connectivity index (χ4v) is 2.12. The molecule has 98 valence electrons. The van der Waals surface area contributed by atoms with Gasteiger partial charge in [-0.1, -0.05) is 26.2 Å². The van der Waals surface area contributed by atoms with Crippen LogP contribution < -0.4 is 10.6 Å². The first kappa shape index (κ1) is 13.9. The lowest BCUT2D eigenvalue weighted by Gasteiger charge is -2.32. The molecule has 1 unspecified atom stereocenters. The van der Waals surface area contributed by atoms with Crippen molar-refractivity contribution in [3.8, 4) is 0 Å². The third kappa shape index (κ3) is 2.76. The first-order valence-corrected chi connectivity index (χ1v) is 5.80. The molecule has 6 nitrogen and oxygen atoms in total. The Morgan fingerprint density at radius 3 is 2.29 bits per heavy atom. The highest BCUT2D eigenvalue weighted by Crippen LogP contribution is 2.25. The van der Waals surface area contributed by atoms with E-state index in [-0.39, 0.29) is 5.91 Å². The van der Waals surface area contributed by atoms with Crippen LogP contribution in [0.1, 0.15) is 32.6 Å². The minimum Gasteiger partial charge on any atom is -0.353 e. The fourth-order valence-electron chi connectivity index (χ4n) is 2.12. The van der Waals surface area contributed by atoms with E-state index in [0.29, 0.717) is 6.42 Å². The van der Waals surface area contributed by atoms with E-state index < -0.39 is 17.9 Å². The monoisotopic (exact) mass is 244 g/mol. The van der Waals surface area contributed by atoms with Gasteiger partial charge in [-0.25, -0.2) is 4.79 Å². The number of ether oxygens (including phenoxy) is 2. The topological polar surface area (TPSA) is 76.7 Å². The number of rotatable bonds is 7. The van der Waals surface area contributed by atoms with Crippen LogP contribution in [-0.4, -0.2) is 38.0 Å². The molecule has 1 saturated heterocycles. The Morgan fingerprint density at radius 1 is 1.24 bits per heavy atom. The second-order valence-electron chi connectivity index (χ2n) is 4.14. The molecule has 0 radical (unpaired) electrons. The quantitative estimate of drug-likeness (QED) is 0.394. The molecule has 0 saturated carbocycles. The van der Waals surface area contributed by atoms with Crippen LogP contribution in [0.5, 0.6) is 0 Å². The smallest absolute Gasteiger partial charge is 0.322 e. The third-order valence-electron chi connectivity index (χ3n) is 2.97. The molecular formula is C11H20N2O4. The molecule has 17 heavy (non-hydrogen) atoms. The van der Waals surface area contributed by atoms with Crippen molar-refractivity contribution in [2.45, 2.75) is 44.4 Å². The van der Waals surface area contributed by atoms with Crippen molar-refractivity contribution in [2.24, 2.45) is 0 Å². The van der Waals surface area contributed by atoms with E-state index in [9.17, 15) is 9.59 Å². The molecule has 0 aromatic rings. The Kier molecular flexibility index (Phi) is 4.89. The zero-order chi connectivity index (χ0) is 12.9. The van der Waals surface area contributed by atoms with Gasteiger partial charge in [-0.2, -0.15) is 0 Å². The summed E-state index contributed by atoms with van der Waals surface area (Å²) >= 11 is 0. The number of nitrogens with one attached hydrogen (secondary N) is 2. The molecule has 0 aliphatic carbocycles. The molecule has 6 heteroatoms. The summed E-state index contributed by atoms with van der Waals surface area (Å²) in [4.78, 5) is 23.2. The van der Waals surface area contributed by atoms with Crippen molar-refractivity contribution in [3.05, 3.63) is 0 Å². The summed E-state index contributed by atoms with van der Waals surface area (Å²) in [5.41, 5.74) is -1.10. The molecule has 1 atom stereocenters. The van der Waals surface area contributed by atoms with Crippen LogP contribution >= 0.6 is 0 Å². The minimum absolute atomic E-state index is 0.382. The highest BCUT2D eigenvalue weighted by atomic mass is 16.7. The SMILES string of the molecule is CCCCCC1(C(OC)OC)NC(=O)NC1=O. The van der Waals surface area contributed by atoms with Gasteiger partial charge in [-0.15, -0.1) is 0 Å². The van der Waals surface area contributed by atoms with Gasteiger partial charge in [0, 0.05) is 14.2 Å². The lowest BCUT2D eigenvalue weighted by Crippen LogP contribution is -2.57. The maximum absolute atomic E-state index is 11.9. The zero-order valence-corrected chi connectivity index (χ0v) is 10.5. The van der Waals surface area contributed by atoms with Crippen LogP contribution in [0.3, 0.4) is 0 Å². The second-order valence-corrected chi connectivity index (χ2v) is 4.14. The first-order chi connectivity index (χ1) is 8.10. The summed E-state index contributed by atoms with van der Waals surface area (Å²) in [6, 6.07) is -0.495. The molecule has 1 fully saturated rings. The summed E-state index contributed by atoms with van der Waals surface area (Å²) in [5, 5.41) is 4.86. The van der Waals surface area contributed by atoms with Gasteiger partial charge in [0.05, 0.1) is 0 Å². The van der Waals surface area contributed by atoms with Gasteiger partial charge in [0.25, 0.3) is 5.91 Å². The number of hydrogen-bond donors (Lipinski definition) is 2. The van der Waals surface area contributed by atoms with Crippen LogP contribution in [0.25, 0.3) is 0 Å². The average molecular weight is 244 g/mol. The molecule has 3 amide bonds. The van der Waals surface area contributed by atoms with Gasteiger partial charge in [-0.05, 0) is 6.42 Å². The highest BCUT2D eigenvalue weighted by Gasteiger charge is 2.52. The summed E-state index contributed by atoms with van der Waals surface area (Å²) in [6.07, 6.45) is 2.59. The Morgan fingerprint density at radius 2 is 1.88 bits per heavy atom. The standard InChI is InChI=1S/C11H20N2O4/c1-4-5-6-7-11(9(16-2)17-3)8(14)12-10(15)13-11/h9H,4-7H2,1-3H3,(H2,12,13,14,15). The van der Waals surface area contributed by atoms with Crippen LogP contribution in [0.4, 0.5) is 4.79 Å². The van der Waals surface area contributed by atoms with Crippen LogP contribution in [0.2, 0.25) is 0 Å². The molecule has 0 aromatic carbocycles. The van der Waals surface area contributed by atoms with Crippen LogP contribution in [0, 0.1) is 0 Å². The number of hydrogen-bond acceptors (Lipinski definition) is 4. The summed E-state index contributed by atoms with van der Waals surface area (Å²) in [6.45, 7) is 2.07. The van der Waals surface area contributed by atoms with E-state index in [0.717, 1.165) is 19.3 Å². The van der Waals surface area contributed by atoms with E-state index in [1.165, 1.54) is 14.2 Å². The first-order valence-electron chi connectivity index (χ1n) is 5.80. The maximum Gasteiger partial charge on any atom is 0.322 e. The molecule has 1 heterocycles. The second kappa shape index (κ2) is 5.97. The van der Waals surface area contributed by atoms with Crippen LogP contribution in [-0.2, 0) is 14.3 Å². The lowest BCUT2D eigenvalue weighted by molar-refractivity contribution is -0.165. The van der Waals surface area contributed by atoms with Gasteiger partial charge >= 0.3 is 6.03 Å². The van der Waals surface area contributed by atoms with Crippen molar-refractivity contribution in [2.75, 3.05) is 14.2 Å².